The van der Waals surface area contributed by atoms with Crippen LogP contribution in [0.3, 0.4) is 0 Å². The van der Waals surface area contributed by atoms with Gasteiger partial charge in [0, 0.05) is 0 Å². The minimum atomic E-state index is -0.0770. The average molecular weight is 245 g/mol. The van der Waals surface area contributed by atoms with Crippen LogP contribution in [0.15, 0.2) is 11.6 Å². The predicted molar refractivity (Wildman–Crippen MR) is 66.3 cm³/mol. The summed E-state index contributed by atoms with van der Waals surface area (Å²) in [6, 6.07) is 0. The summed E-state index contributed by atoms with van der Waals surface area (Å²) in [6.07, 6.45) is 5.45. The molecule has 96 valence electrons. The van der Waals surface area contributed by atoms with Crippen molar-refractivity contribution in [2.24, 2.45) is 35.0 Å². The molecule has 5 rings (SSSR count). The number of rotatable bonds is 0. The Kier molecular flexibility index (Phi) is 1.83. The first-order valence-electron chi connectivity index (χ1n) is 7.05. The van der Waals surface area contributed by atoms with Crippen molar-refractivity contribution in [1.82, 2.24) is 5.32 Å². The number of nitrogens with one attached hydrogen (secondary N) is 1. The van der Waals surface area contributed by atoms with Crippen LogP contribution in [0, 0.1) is 35.0 Å². The third kappa shape index (κ3) is 1.07. The smallest absolute Gasteiger partial charge is 0.231 e. The summed E-state index contributed by atoms with van der Waals surface area (Å²) < 4.78 is 0. The second kappa shape index (κ2) is 3.06. The van der Waals surface area contributed by atoms with Gasteiger partial charge in [-0.3, -0.25) is 14.9 Å². The summed E-state index contributed by atoms with van der Waals surface area (Å²) in [6.45, 7) is 4.71. The zero-order valence-electron chi connectivity index (χ0n) is 10.9. The van der Waals surface area contributed by atoms with Crippen LogP contribution >= 0.6 is 0 Å². The monoisotopic (exact) mass is 245 g/mol. The number of fused-ring (bicyclic) bond motifs is 1. The van der Waals surface area contributed by atoms with E-state index >= 15 is 0 Å². The second-order valence-electron chi connectivity index (χ2n) is 7.07. The van der Waals surface area contributed by atoms with Gasteiger partial charge in [0.25, 0.3) is 0 Å². The van der Waals surface area contributed by atoms with Crippen molar-refractivity contribution >= 4 is 11.8 Å². The Balaban J connectivity index is 1.74. The molecule has 0 radical (unpaired) electrons. The molecule has 2 amide bonds. The van der Waals surface area contributed by atoms with E-state index < -0.39 is 0 Å². The SMILES string of the molecule is CC1(C)C2CC3C(=CCC4C(=O)NC(=O)C43)C1C2. The third-order valence-corrected chi connectivity index (χ3v) is 6.20. The van der Waals surface area contributed by atoms with Crippen molar-refractivity contribution in [2.75, 3.05) is 0 Å². The van der Waals surface area contributed by atoms with Crippen LogP contribution in [0.5, 0.6) is 0 Å². The summed E-state index contributed by atoms with van der Waals surface area (Å²) in [5.41, 5.74) is 1.91. The number of amides is 2. The molecule has 3 heteroatoms. The maximum atomic E-state index is 12.0. The van der Waals surface area contributed by atoms with E-state index in [0.29, 0.717) is 17.3 Å². The molecule has 5 atom stereocenters. The van der Waals surface area contributed by atoms with Gasteiger partial charge in [0.1, 0.15) is 0 Å². The summed E-state index contributed by atoms with van der Waals surface area (Å²) in [5.74, 6) is 1.56. The fourth-order valence-corrected chi connectivity index (χ4v) is 4.95. The number of carbonyl (C=O) groups excluding carboxylic acids is 2. The maximum Gasteiger partial charge on any atom is 0.231 e. The lowest BCUT2D eigenvalue weighted by molar-refractivity contribution is -0.128. The van der Waals surface area contributed by atoms with Crippen LogP contribution in [0.1, 0.15) is 33.1 Å². The molecule has 3 saturated carbocycles. The van der Waals surface area contributed by atoms with Gasteiger partial charge in [-0.2, -0.15) is 0 Å². The number of imide groups is 1. The summed E-state index contributed by atoms with van der Waals surface area (Å²) in [7, 11) is 0. The van der Waals surface area contributed by atoms with E-state index in [0.717, 1.165) is 18.8 Å². The van der Waals surface area contributed by atoms with E-state index in [1.165, 1.54) is 12.0 Å². The lowest BCUT2D eigenvalue weighted by Crippen LogP contribution is -2.55. The summed E-state index contributed by atoms with van der Waals surface area (Å²) in [4.78, 5) is 23.7. The van der Waals surface area contributed by atoms with E-state index in [4.69, 9.17) is 0 Å². The molecule has 1 heterocycles. The second-order valence-corrected chi connectivity index (χ2v) is 7.07. The topological polar surface area (TPSA) is 46.2 Å². The maximum absolute atomic E-state index is 12.0. The van der Waals surface area contributed by atoms with E-state index in [2.05, 4.69) is 25.2 Å². The van der Waals surface area contributed by atoms with Crippen molar-refractivity contribution in [2.45, 2.75) is 33.1 Å². The van der Waals surface area contributed by atoms with Crippen LogP contribution in [-0.2, 0) is 9.59 Å². The lowest BCUT2D eigenvalue weighted by Gasteiger charge is -2.62. The van der Waals surface area contributed by atoms with Crippen molar-refractivity contribution in [1.29, 1.82) is 0 Å². The molecule has 0 aromatic heterocycles. The zero-order valence-corrected chi connectivity index (χ0v) is 10.9. The molecule has 1 saturated heterocycles. The van der Waals surface area contributed by atoms with Crippen LogP contribution < -0.4 is 5.32 Å². The first-order chi connectivity index (χ1) is 8.50. The number of hydrogen-bond donors (Lipinski definition) is 1. The first kappa shape index (κ1) is 10.8. The van der Waals surface area contributed by atoms with Crippen molar-refractivity contribution in [3.63, 3.8) is 0 Å². The summed E-state index contributed by atoms with van der Waals surface area (Å²) >= 11 is 0. The first-order valence-corrected chi connectivity index (χ1v) is 7.05. The molecular formula is C15H19NO2. The third-order valence-electron chi connectivity index (χ3n) is 6.20. The van der Waals surface area contributed by atoms with E-state index in [9.17, 15) is 9.59 Å². The Morgan fingerprint density at radius 2 is 1.94 bits per heavy atom. The lowest BCUT2D eigenvalue weighted by atomic mass is 9.42. The van der Waals surface area contributed by atoms with Crippen LogP contribution in [0.25, 0.3) is 0 Å². The molecule has 4 fully saturated rings. The molecule has 0 aromatic carbocycles. The fourth-order valence-electron chi connectivity index (χ4n) is 4.95. The predicted octanol–water partition coefficient (Wildman–Crippen LogP) is 1.89. The minimum Gasteiger partial charge on any atom is -0.296 e. The molecule has 5 unspecified atom stereocenters. The van der Waals surface area contributed by atoms with Gasteiger partial charge in [-0.1, -0.05) is 25.5 Å². The molecular weight excluding hydrogens is 226 g/mol. The number of hydrogen-bond acceptors (Lipinski definition) is 2. The van der Waals surface area contributed by atoms with Gasteiger partial charge in [0.2, 0.25) is 11.8 Å². The number of carbonyl (C=O) groups is 2. The molecule has 4 aliphatic carbocycles. The van der Waals surface area contributed by atoms with Crippen molar-refractivity contribution in [3.8, 4) is 0 Å². The summed E-state index contributed by atoms with van der Waals surface area (Å²) in [5, 5.41) is 2.53. The van der Waals surface area contributed by atoms with Gasteiger partial charge >= 0.3 is 0 Å². The standard InChI is InChI=1S/C15H19NO2/c1-15(2)7-5-10-8(11(15)6-7)3-4-9-12(10)14(18)16-13(9)17/h3,7,9-12H,4-6H2,1-2H3,(H,16,17,18). The molecule has 18 heavy (non-hydrogen) atoms. The molecule has 3 nitrogen and oxygen atoms in total. The normalized spacial score (nSPS) is 47.7. The van der Waals surface area contributed by atoms with Gasteiger partial charge in [-0.15, -0.1) is 0 Å². The minimum absolute atomic E-state index is 0.0142. The van der Waals surface area contributed by atoms with Gasteiger partial charge in [0.05, 0.1) is 11.8 Å². The van der Waals surface area contributed by atoms with Crippen LogP contribution in [-0.4, -0.2) is 11.8 Å². The average Bonchev–Trinajstić information content (AvgIpc) is 2.64. The van der Waals surface area contributed by atoms with Gasteiger partial charge < -0.3 is 0 Å². The number of allylic oxidation sites excluding steroid dienone is 2. The Morgan fingerprint density at radius 1 is 1.17 bits per heavy atom. The van der Waals surface area contributed by atoms with Crippen LogP contribution in [0.2, 0.25) is 0 Å². The molecule has 0 aromatic rings. The van der Waals surface area contributed by atoms with Crippen molar-refractivity contribution in [3.05, 3.63) is 11.6 Å². The Morgan fingerprint density at radius 3 is 2.67 bits per heavy atom. The van der Waals surface area contributed by atoms with Gasteiger partial charge in [-0.05, 0) is 42.4 Å². The van der Waals surface area contributed by atoms with E-state index in [1.807, 2.05) is 0 Å². The molecule has 1 aliphatic heterocycles. The largest absolute Gasteiger partial charge is 0.296 e. The van der Waals surface area contributed by atoms with Gasteiger partial charge in [-0.25, -0.2) is 0 Å². The highest BCUT2D eigenvalue weighted by Gasteiger charge is 2.60. The quantitative estimate of drug-likeness (QED) is 0.523. The highest BCUT2D eigenvalue weighted by Crippen LogP contribution is 2.65. The molecule has 0 spiro atoms. The Bertz CT molecular complexity index is 491. The zero-order chi connectivity index (χ0) is 12.7. The van der Waals surface area contributed by atoms with E-state index in [1.54, 1.807) is 0 Å². The molecule has 5 aliphatic rings. The van der Waals surface area contributed by atoms with Crippen LogP contribution in [0.4, 0.5) is 0 Å². The highest BCUT2D eigenvalue weighted by atomic mass is 16.2. The van der Waals surface area contributed by atoms with Crippen molar-refractivity contribution < 1.29 is 9.59 Å². The molecule has 2 bridgehead atoms. The van der Waals surface area contributed by atoms with E-state index in [-0.39, 0.29) is 23.7 Å². The highest BCUT2D eigenvalue weighted by molar-refractivity contribution is 6.05. The molecule has 1 N–H and O–H groups in total. The Labute approximate surface area is 107 Å². The Hall–Kier alpha value is -1.12. The van der Waals surface area contributed by atoms with Gasteiger partial charge in [0.15, 0.2) is 0 Å². The fraction of sp³-hybridized carbons (Fsp3) is 0.733.